The van der Waals surface area contributed by atoms with Gasteiger partial charge in [0.1, 0.15) is 17.6 Å². The molecule has 3 aromatic rings. The van der Waals surface area contributed by atoms with Gasteiger partial charge in [0.25, 0.3) is 0 Å². The highest BCUT2D eigenvalue weighted by Crippen LogP contribution is 2.38. The summed E-state index contributed by atoms with van der Waals surface area (Å²) >= 11 is 6.04. The lowest BCUT2D eigenvalue weighted by Gasteiger charge is -2.24. The number of carbonyl (C=O) groups excluding carboxylic acids is 1. The van der Waals surface area contributed by atoms with Crippen molar-refractivity contribution in [1.29, 1.82) is 5.26 Å². The van der Waals surface area contributed by atoms with Crippen LogP contribution in [-0.4, -0.2) is 17.4 Å². The number of nitriles is 1. The number of hydrogen-bond donors (Lipinski definition) is 0. The Balaban J connectivity index is 1.75. The third-order valence-corrected chi connectivity index (χ3v) is 5.09. The first-order valence-electron chi connectivity index (χ1n) is 9.14. The minimum absolute atomic E-state index is 0.0731. The first kappa shape index (κ1) is 19.0. The fourth-order valence-electron chi connectivity index (χ4n) is 3.28. The van der Waals surface area contributed by atoms with Crippen molar-refractivity contribution in [3.05, 3.63) is 87.7 Å². The van der Waals surface area contributed by atoms with E-state index in [0.29, 0.717) is 46.4 Å². The van der Waals surface area contributed by atoms with E-state index >= 15 is 0 Å². The van der Waals surface area contributed by atoms with Crippen LogP contribution in [0.5, 0.6) is 11.5 Å². The van der Waals surface area contributed by atoms with Crippen LogP contribution in [0.1, 0.15) is 45.3 Å². The van der Waals surface area contributed by atoms with Crippen molar-refractivity contribution >= 4 is 17.4 Å². The molecular formula is C23H17ClN2O3. The molecule has 1 aliphatic heterocycles. The van der Waals surface area contributed by atoms with Crippen LogP contribution in [0.25, 0.3) is 0 Å². The number of carbonyl (C=O) groups is 1. The van der Waals surface area contributed by atoms with Gasteiger partial charge in [-0.05, 0) is 48.9 Å². The Labute approximate surface area is 173 Å². The molecule has 0 saturated carbocycles. The standard InChI is InChI=1S/C23H17ClN2O3/c1-14-21(9-7-18-20(27)10-11-28-22(14)18)29-23(16-3-5-17(24)6-4-16)19-8-2-15(12-25)13-26-19/h2-9,13,23H,10-11H2,1H3/t23-/m1/s1. The van der Waals surface area contributed by atoms with E-state index in [1.54, 1.807) is 36.4 Å². The normalized spacial score (nSPS) is 13.8. The molecule has 0 saturated heterocycles. The lowest BCUT2D eigenvalue weighted by molar-refractivity contribution is 0.0932. The molecule has 0 N–H and O–H groups in total. The van der Waals surface area contributed by atoms with E-state index in [1.807, 2.05) is 19.1 Å². The summed E-state index contributed by atoms with van der Waals surface area (Å²) in [6.45, 7) is 2.24. The molecule has 144 valence electrons. The van der Waals surface area contributed by atoms with E-state index in [2.05, 4.69) is 11.1 Å². The molecule has 0 bridgehead atoms. The van der Waals surface area contributed by atoms with Crippen molar-refractivity contribution in [2.45, 2.75) is 19.4 Å². The maximum Gasteiger partial charge on any atom is 0.170 e. The second-order valence-electron chi connectivity index (χ2n) is 6.72. The molecular weight excluding hydrogens is 388 g/mol. The topological polar surface area (TPSA) is 72.2 Å². The van der Waals surface area contributed by atoms with Crippen LogP contribution >= 0.6 is 11.6 Å². The van der Waals surface area contributed by atoms with Gasteiger partial charge in [0, 0.05) is 23.2 Å². The number of benzene rings is 2. The fraction of sp³-hybridized carbons (Fsp3) is 0.174. The lowest BCUT2D eigenvalue weighted by atomic mass is 10.0. The van der Waals surface area contributed by atoms with E-state index < -0.39 is 6.10 Å². The Morgan fingerprint density at radius 1 is 1.17 bits per heavy atom. The Morgan fingerprint density at radius 3 is 2.66 bits per heavy atom. The lowest BCUT2D eigenvalue weighted by Crippen LogP contribution is -2.17. The van der Waals surface area contributed by atoms with Gasteiger partial charge in [-0.25, -0.2) is 0 Å². The van der Waals surface area contributed by atoms with Crippen molar-refractivity contribution in [2.24, 2.45) is 0 Å². The maximum atomic E-state index is 12.1. The van der Waals surface area contributed by atoms with Gasteiger partial charge < -0.3 is 9.47 Å². The van der Waals surface area contributed by atoms with Gasteiger partial charge in [-0.15, -0.1) is 0 Å². The fourth-order valence-corrected chi connectivity index (χ4v) is 3.40. The Morgan fingerprint density at radius 2 is 1.97 bits per heavy atom. The summed E-state index contributed by atoms with van der Waals surface area (Å²) in [7, 11) is 0. The minimum atomic E-state index is -0.518. The van der Waals surface area contributed by atoms with Crippen LogP contribution in [0.4, 0.5) is 0 Å². The quantitative estimate of drug-likeness (QED) is 0.608. The van der Waals surface area contributed by atoms with E-state index in [-0.39, 0.29) is 5.78 Å². The monoisotopic (exact) mass is 404 g/mol. The van der Waals surface area contributed by atoms with Gasteiger partial charge in [-0.2, -0.15) is 5.26 Å². The highest BCUT2D eigenvalue weighted by Gasteiger charge is 2.25. The van der Waals surface area contributed by atoms with Gasteiger partial charge in [-0.3, -0.25) is 9.78 Å². The number of rotatable bonds is 4. The second kappa shape index (κ2) is 7.94. The summed E-state index contributed by atoms with van der Waals surface area (Å²) in [5, 5.41) is 9.67. The number of ketones is 1. The van der Waals surface area contributed by atoms with Gasteiger partial charge >= 0.3 is 0 Å². The molecule has 0 amide bonds. The molecule has 0 fully saturated rings. The molecule has 4 rings (SSSR count). The van der Waals surface area contributed by atoms with Gasteiger partial charge in [0.2, 0.25) is 0 Å². The van der Waals surface area contributed by atoms with Crippen molar-refractivity contribution in [2.75, 3.05) is 6.61 Å². The third kappa shape index (κ3) is 3.80. The zero-order chi connectivity index (χ0) is 20.4. The van der Waals surface area contributed by atoms with Gasteiger partial charge in [0.15, 0.2) is 11.9 Å². The van der Waals surface area contributed by atoms with Crippen LogP contribution < -0.4 is 9.47 Å². The number of pyridine rings is 1. The Hall–Kier alpha value is -3.36. The van der Waals surface area contributed by atoms with E-state index in [1.165, 1.54) is 6.20 Å². The zero-order valence-corrected chi connectivity index (χ0v) is 16.4. The van der Waals surface area contributed by atoms with Gasteiger partial charge in [-0.1, -0.05) is 23.7 Å². The van der Waals surface area contributed by atoms with Crippen LogP contribution in [0.15, 0.2) is 54.7 Å². The van der Waals surface area contributed by atoms with Crippen LogP contribution in [-0.2, 0) is 0 Å². The average molecular weight is 405 g/mol. The summed E-state index contributed by atoms with van der Waals surface area (Å²) in [5.74, 6) is 1.25. The largest absolute Gasteiger partial charge is 0.492 e. The van der Waals surface area contributed by atoms with Crippen molar-refractivity contribution in [3.63, 3.8) is 0 Å². The average Bonchev–Trinajstić information content (AvgIpc) is 2.75. The minimum Gasteiger partial charge on any atom is -0.492 e. The molecule has 6 heteroatoms. The van der Waals surface area contributed by atoms with Crippen LogP contribution in [0.3, 0.4) is 0 Å². The number of nitrogens with zero attached hydrogens (tertiary/aromatic N) is 2. The molecule has 0 unspecified atom stereocenters. The van der Waals surface area contributed by atoms with E-state index in [4.69, 9.17) is 26.3 Å². The molecule has 5 nitrogen and oxygen atoms in total. The molecule has 2 aromatic carbocycles. The maximum absolute atomic E-state index is 12.1. The zero-order valence-electron chi connectivity index (χ0n) is 15.7. The Bertz CT molecular complexity index is 1100. The second-order valence-corrected chi connectivity index (χ2v) is 7.16. The predicted molar refractivity (Wildman–Crippen MR) is 108 cm³/mol. The molecule has 2 heterocycles. The number of hydrogen-bond acceptors (Lipinski definition) is 5. The molecule has 1 aliphatic rings. The summed E-state index contributed by atoms with van der Waals surface area (Å²) in [5.41, 5.74) is 3.34. The highest BCUT2D eigenvalue weighted by molar-refractivity contribution is 6.30. The first-order valence-corrected chi connectivity index (χ1v) is 9.52. The molecule has 1 atom stereocenters. The molecule has 0 radical (unpaired) electrons. The summed E-state index contributed by atoms with van der Waals surface area (Å²) < 4.78 is 12.1. The first-order chi connectivity index (χ1) is 14.1. The SMILES string of the molecule is Cc1c(O[C@H](c2ccc(Cl)cc2)c2ccc(C#N)cn2)ccc2c1OCCC2=O. The molecule has 1 aromatic heterocycles. The van der Waals surface area contributed by atoms with E-state index in [9.17, 15) is 4.79 Å². The van der Waals surface area contributed by atoms with Crippen molar-refractivity contribution in [3.8, 4) is 17.6 Å². The number of halogens is 1. The smallest absolute Gasteiger partial charge is 0.170 e. The Kier molecular flexibility index (Phi) is 5.20. The number of Topliss-reactive ketones (excluding diaryl/α,β-unsaturated/α-hetero) is 1. The number of fused-ring (bicyclic) bond motifs is 1. The third-order valence-electron chi connectivity index (χ3n) is 4.83. The molecule has 29 heavy (non-hydrogen) atoms. The highest BCUT2D eigenvalue weighted by atomic mass is 35.5. The molecule has 0 spiro atoms. The predicted octanol–water partition coefficient (Wildman–Crippen LogP) is 5.05. The number of ether oxygens (including phenoxy) is 2. The van der Waals surface area contributed by atoms with Crippen LogP contribution in [0.2, 0.25) is 5.02 Å². The summed E-state index contributed by atoms with van der Waals surface area (Å²) in [6, 6.07) is 16.4. The number of aromatic nitrogens is 1. The molecule has 0 aliphatic carbocycles. The van der Waals surface area contributed by atoms with E-state index in [0.717, 1.165) is 11.1 Å². The van der Waals surface area contributed by atoms with Gasteiger partial charge in [0.05, 0.1) is 23.4 Å². The summed E-state index contributed by atoms with van der Waals surface area (Å²) in [6.07, 6.45) is 1.38. The van der Waals surface area contributed by atoms with Crippen molar-refractivity contribution < 1.29 is 14.3 Å². The van der Waals surface area contributed by atoms with Crippen LogP contribution in [0, 0.1) is 18.3 Å². The summed E-state index contributed by atoms with van der Waals surface area (Å²) in [4.78, 5) is 16.5. The van der Waals surface area contributed by atoms with Crippen molar-refractivity contribution in [1.82, 2.24) is 4.98 Å².